The van der Waals surface area contributed by atoms with Crippen LogP contribution in [0.2, 0.25) is 0 Å². The van der Waals surface area contributed by atoms with Crippen LogP contribution in [0.3, 0.4) is 0 Å². The average molecular weight is 226 g/mol. The van der Waals surface area contributed by atoms with Gasteiger partial charge in [-0.3, -0.25) is 4.84 Å². The molecule has 2 fully saturated rings. The van der Waals surface area contributed by atoms with Gasteiger partial charge in [-0.25, -0.2) is 0 Å². The van der Waals surface area contributed by atoms with Crippen molar-refractivity contribution in [1.82, 2.24) is 10.4 Å². The third-order valence-corrected chi connectivity index (χ3v) is 4.30. The summed E-state index contributed by atoms with van der Waals surface area (Å²) in [5, 5.41) is 0. The number of hydroxylamine groups is 1. The van der Waals surface area contributed by atoms with Crippen LogP contribution in [0.25, 0.3) is 0 Å². The van der Waals surface area contributed by atoms with E-state index in [1.165, 1.54) is 38.6 Å². The molecule has 3 unspecified atom stereocenters. The summed E-state index contributed by atoms with van der Waals surface area (Å²) in [7, 11) is 2.22. The molecule has 2 rings (SSSR count). The molecule has 1 saturated carbocycles. The van der Waals surface area contributed by atoms with E-state index >= 15 is 0 Å². The van der Waals surface area contributed by atoms with Crippen LogP contribution in [0, 0.1) is 5.92 Å². The van der Waals surface area contributed by atoms with E-state index in [9.17, 15) is 0 Å². The summed E-state index contributed by atoms with van der Waals surface area (Å²) in [6, 6.07) is 1.20. The van der Waals surface area contributed by atoms with Gasteiger partial charge >= 0.3 is 0 Å². The van der Waals surface area contributed by atoms with Gasteiger partial charge in [-0.2, -0.15) is 5.48 Å². The molecule has 94 valence electrons. The standard InChI is InChI=1S/C13H26N2O/c1-10-9-15(3)11(2)8-13(10)14-16-12-6-4-5-7-12/h10-14H,4-9H2,1-3H3. The maximum atomic E-state index is 5.83. The van der Waals surface area contributed by atoms with Crippen molar-refractivity contribution in [2.24, 2.45) is 5.92 Å². The molecule has 1 saturated heterocycles. The van der Waals surface area contributed by atoms with E-state index in [2.05, 4.69) is 31.3 Å². The predicted octanol–water partition coefficient (Wildman–Crippen LogP) is 2.18. The van der Waals surface area contributed by atoms with E-state index in [4.69, 9.17) is 4.84 Å². The van der Waals surface area contributed by atoms with Crippen LogP contribution in [0.4, 0.5) is 0 Å². The molecule has 1 heterocycles. The number of hydrogen-bond donors (Lipinski definition) is 1. The molecular weight excluding hydrogens is 200 g/mol. The van der Waals surface area contributed by atoms with E-state index < -0.39 is 0 Å². The van der Waals surface area contributed by atoms with Gasteiger partial charge in [0.25, 0.3) is 0 Å². The van der Waals surface area contributed by atoms with Crippen LogP contribution in [0.1, 0.15) is 46.0 Å². The number of likely N-dealkylation sites (tertiary alicyclic amines) is 1. The molecule has 2 aliphatic rings. The lowest BCUT2D eigenvalue weighted by Gasteiger charge is -2.40. The highest BCUT2D eigenvalue weighted by Gasteiger charge is 2.29. The molecular formula is C13H26N2O. The summed E-state index contributed by atoms with van der Waals surface area (Å²) in [6.45, 7) is 5.79. The van der Waals surface area contributed by atoms with Crippen molar-refractivity contribution in [3.63, 3.8) is 0 Å². The molecule has 1 aliphatic heterocycles. The summed E-state index contributed by atoms with van der Waals surface area (Å²) in [5.74, 6) is 0.683. The van der Waals surface area contributed by atoms with E-state index in [0.717, 1.165) is 0 Å². The van der Waals surface area contributed by atoms with Crippen LogP contribution in [-0.2, 0) is 4.84 Å². The molecule has 0 aromatic carbocycles. The lowest BCUT2D eigenvalue weighted by atomic mass is 9.90. The Balaban J connectivity index is 1.75. The topological polar surface area (TPSA) is 24.5 Å². The van der Waals surface area contributed by atoms with Crippen LogP contribution in [-0.4, -0.2) is 36.7 Å². The molecule has 0 bridgehead atoms. The first kappa shape index (κ1) is 12.3. The van der Waals surface area contributed by atoms with Crippen molar-refractivity contribution < 1.29 is 4.84 Å². The normalized spacial score (nSPS) is 38.1. The monoisotopic (exact) mass is 226 g/mol. The molecule has 1 aliphatic carbocycles. The number of piperidine rings is 1. The quantitative estimate of drug-likeness (QED) is 0.747. The van der Waals surface area contributed by atoms with Crippen molar-refractivity contribution in [3.8, 4) is 0 Å². The fourth-order valence-electron chi connectivity index (χ4n) is 2.90. The van der Waals surface area contributed by atoms with Gasteiger partial charge in [0.1, 0.15) is 0 Å². The van der Waals surface area contributed by atoms with E-state index in [1.807, 2.05) is 0 Å². The lowest BCUT2D eigenvalue weighted by molar-refractivity contribution is -0.0661. The van der Waals surface area contributed by atoms with Gasteiger partial charge in [-0.05, 0) is 39.2 Å². The molecule has 0 amide bonds. The van der Waals surface area contributed by atoms with Crippen LogP contribution in [0.15, 0.2) is 0 Å². The smallest absolute Gasteiger partial charge is 0.0790 e. The second-order valence-corrected chi connectivity index (χ2v) is 5.75. The number of nitrogens with zero attached hydrogens (tertiary/aromatic N) is 1. The zero-order valence-corrected chi connectivity index (χ0v) is 10.9. The predicted molar refractivity (Wildman–Crippen MR) is 66.1 cm³/mol. The van der Waals surface area contributed by atoms with Gasteiger partial charge in [0.15, 0.2) is 0 Å². The average Bonchev–Trinajstić information content (AvgIpc) is 2.74. The van der Waals surface area contributed by atoms with Crippen molar-refractivity contribution in [2.75, 3.05) is 13.6 Å². The Morgan fingerprint density at radius 3 is 2.56 bits per heavy atom. The molecule has 3 heteroatoms. The number of rotatable bonds is 3. The van der Waals surface area contributed by atoms with Crippen molar-refractivity contribution in [1.29, 1.82) is 0 Å². The van der Waals surface area contributed by atoms with Crippen molar-refractivity contribution >= 4 is 0 Å². The van der Waals surface area contributed by atoms with Gasteiger partial charge in [0, 0.05) is 18.6 Å². The summed E-state index contributed by atoms with van der Waals surface area (Å²) in [5.41, 5.74) is 3.34. The lowest BCUT2D eigenvalue weighted by Crippen LogP contribution is -2.51. The Kier molecular flexibility index (Phi) is 4.22. The first-order chi connectivity index (χ1) is 7.66. The van der Waals surface area contributed by atoms with Crippen molar-refractivity contribution in [3.05, 3.63) is 0 Å². The zero-order chi connectivity index (χ0) is 11.5. The van der Waals surface area contributed by atoms with E-state index in [0.29, 0.717) is 24.1 Å². The second-order valence-electron chi connectivity index (χ2n) is 5.75. The minimum absolute atomic E-state index is 0.474. The number of hydrogen-bond acceptors (Lipinski definition) is 3. The zero-order valence-electron chi connectivity index (χ0n) is 10.9. The van der Waals surface area contributed by atoms with Crippen LogP contribution >= 0.6 is 0 Å². The Morgan fingerprint density at radius 1 is 1.19 bits per heavy atom. The Labute approximate surface area is 99.5 Å². The van der Waals surface area contributed by atoms with Gasteiger partial charge in [0.05, 0.1) is 6.10 Å². The summed E-state index contributed by atoms with van der Waals surface area (Å²) >= 11 is 0. The SMILES string of the molecule is CC1CN(C)C(C)CC1NOC1CCCC1. The largest absolute Gasteiger partial charge is 0.303 e. The van der Waals surface area contributed by atoms with Crippen molar-refractivity contribution in [2.45, 2.75) is 64.1 Å². The summed E-state index contributed by atoms with van der Waals surface area (Å²) in [4.78, 5) is 8.27. The molecule has 0 radical (unpaired) electrons. The van der Waals surface area contributed by atoms with E-state index in [1.54, 1.807) is 0 Å². The first-order valence-corrected chi connectivity index (χ1v) is 6.78. The highest BCUT2D eigenvalue weighted by atomic mass is 16.7. The fraction of sp³-hybridized carbons (Fsp3) is 1.00. The maximum Gasteiger partial charge on any atom is 0.0790 e. The Hall–Kier alpha value is -0.120. The summed E-state index contributed by atoms with van der Waals surface area (Å²) < 4.78 is 0. The third kappa shape index (κ3) is 2.96. The van der Waals surface area contributed by atoms with Crippen LogP contribution in [0.5, 0.6) is 0 Å². The van der Waals surface area contributed by atoms with Gasteiger partial charge < -0.3 is 4.90 Å². The highest BCUT2D eigenvalue weighted by Crippen LogP contribution is 2.23. The molecule has 3 nitrogen and oxygen atoms in total. The molecule has 3 atom stereocenters. The Bertz CT molecular complexity index is 216. The molecule has 0 aromatic rings. The molecule has 16 heavy (non-hydrogen) atoms. The highest BCUT2D eigenvalue weighted by molar-refractivity contribution is 4.84. The molecule has 0 aromatic heterocycles. The fourth-order valence-corrected chi connectivity index (χ4v) is 2.90. The molecule has 1 N–H and O–H groups in total. The number of nitrogens with one attached hydrogen (secondary N) is 1. The van der Waals surface area contributed by atoms with Crippen LogP contribution < -0.4 is 5.48 Å². The van der Waals surface area contributed by atoms with Gasteiger partial charge in [-0.15, -0.1) is 0 Å². The molecule has 0 spiro atoms. The van der Waals surface area contributed by atoms with Gasteiger partial charge in [0.2, 0.25) is 0 Å². The minimum Gasteiger partial charge on any atom is -0.303 e. The Morgan fingerprint density at radius 2 is 1.88 bits per heavy atom. The summed E-state index contributed by atoms with van der Waals surface area (Å²) in [6.07, 6.45) is 6.83. The third-order valence-electron chi connectivity index (χ3n) is 4.30. The maximum absolute atomic E-state index is 5.83. The first-order valence-electron chi connectivity index (χ1n) is 6.78. The second kappa shape index (κ2) is 5.48. The van der Waals surface area contributed by atoms with Gasteiger partial charge in [-0.1, -0.05) is 19.8 Å². The van der Waals surface area contributed by atoms with E-state index in [-0.39, 0.29) is 0 Å². The minimum atomic E-state index is 0.474.